The highest BCUT2D eigenvalue weighted by atomic mass is 32.1. The molecule has 238 valence electrons. The fourth-order valence-electron chi connectivity index (χ4n) is 5.45. The third-order valence-electron chi connectivity index (χ3n) is 7.61. The van der Waals surface area contributed by atoms with E-state index < -0.39 is 6.04 Å². The Hall–Kier alpha value is -5.41. The summed E-state index contributed by atoms with van der Waals surface area (Å²) in [4.78, 5) is 33.3. The first-order valence-corrected chi connectivity index (χ1v) is 16.3. The number of nitrogens with one attached hydrogen (secondary N) is 1. The van der Waals surface area contributed by atoms with E-state index >= 15 is 0 Å². The number of amides is 1. The van der Waals surface area contributed by atoms with Gasteiger partial charge in [-0.15, -0.1) is 0 Å². The van der Waals surface area contributed by atoms with E-state index in [0.717, 1.165) is 16.7 Å². The van der Waals surface area contributed by atoms with Crippen LogP contribution in [-0.4, -0.2) is 23.7 Å². The van der Waals surface area contributed by atoms with Crippen molar-refractivity contribution in [3.8, 4) is 17.2 Å². The van der Waals surface area contributed by atoms with Crippen LogP contribution < -0.4 is 34.4 Å². The molecule has 1 aromatic heterocycles. The first-order valence-electron chi connectivity index (χ1n) is 15.5. The molecule has 1 atom stereocenters. The van der Waals surface area contributed by atoms with Gasteiger partial charge in [-0.05, 0) is 79.9 Å². The van der Waals surface area contributed by atoms with Crippen molar-refractivity contribution in [2.45, 2.75) is 33.4 Å². The number of nitrogens with zero attached hydrogens (tertiary/aromatic N) is 2. The molecule has 1 aliphatic heterocycles. The first-order chi connectivity index (χ1) is 22.9. The summed E-state index contributed by atoms with van der Waals surface area (Å²) in [5, 5.41) is 2.99. The van der Waals surface area contributed by atoms with Crippen molar-refractivity contribution >= 4 is 29.0 Å². The van der Waals surface area contributed by atoms with Crippen LogP contribution >= 0.6 is 11.3 Å². The Morgan fingerprint density at radius 3 is 2.28 bits per heavy atom. The van der Waals surface area contributed by atoms with Crippen molar-refractivity contribution < 1.29 is 19.0 Å². The number of thiazole rings is 1. The lowest BCUT2D eigenvalue weighted by atomic mass is 9.95. The fourth-order valence-corrected chi connectivity index (χ4v) is 6.50. The summed E-state index contributed by atoms with van der Waals surface area (Å²) in [6.45, 7) is 7.05. The van der Waals surface area contributed by atoms with E-state index in [9.17, 15) is 9.59 Å². The molecule has 8 nitrogen and oxygen atoms in total. The molecule has 9 heteroatoms. The molecule has 0 radical (unpaired) electrons. The lowest BCUT2D eigenvalue weighted by Crippen LogP contribution is -2.40. The molecule has 0 unspecified atom stereocenters. The highest BCUT2D eigenvalue weighted by Gasteiger charge is 2.32. The Balaban J connectivity index is 1.39. The van der Waals surface area contributed by atoms with Gasteiger partial charge in [-0.3, -0.25) is 14.2 Å². The summed E-state index contributed by atoms with van der Waals surface area (Å²) < 4.78 is 19.7. The second kappa shape index (κ2) is 14.3. The number of fused-ring (bicyclic) bond motifs is 1. The highest BCUT2D eigenvalue weighted by Crippen LogP contribution is 2.32. The van der Waals surface area contributed by atoms with Crippen molar-refractivity contribution in [2.75, 3.05) is 18.5 Å². The van der Waals surface area contributed by atoms with Crippen LogP contribution in [0.15, 0.2) is 124 Å². The number of benzene rings is 4. The minimum atomic E-state index is -0.694. The number of carbonyl (C=O) groups is 1. The van der Waals surface area contributed by atoms with Gasteiger partial charge in [0.1, 0.15) is 12.4 Å². The van der Waals surface area contributed by atoms with E-state index in [2.05, 4.69) is 5.32 Å². The number of anilines is 1. The number of para-hydroxylation sites is 1. The lowest BCUT2D eigenvalue weighted by Gasteiger charge is -2.25. The van der Waals surface area contributed by atoms with E-state index in [1.165, 1.54) is 11.3 Å². The minimum absolute atomic E-state index is 0.243. The zero-order chi connectivity index (χ0) is 32.8. The average Bonchev–Trinajstić information content (AvgIpc) is 3.39. The van der Waals surface area contributed by atoms with Gasteiger partial charge in [0.05, 0.1) is 35.1 Å². The van der Waals surface area contributed by atoms with Gasteiger partial charge in [-0.1, -0.05) is 78.1 Å². The quantitative estimate of drug-likeness (QED) is 0.183. The molecule has 0 saturated heterocycles. The standard InChI is InChI=1S/C38H35N3O5S/c1-4-44-30-19-17-28(18-20-30)35-34(36(42)40-29-14-10-7-11-15-29)25(3)39-38-41(35)37(43)33(47-38)23-27-16-21-31(32(22-27)45-5-2)46-24-26-12-8-6-9-13-26/h6-23,35H,4-5,24H2,1-3H3,(H,40,42)/b33-23-/t35-/m1/s1. The highest BCUT2D eigenvalue weighted by molar-refractivity contribution is 7.07. The Kier molecular flexibility index (Phi) is 9.64. The lowest BCUT2D eigenvalue weighted by molar-refractivity contribution is -0.113. The summed E-state index contributed by atoms with van der Waals surface area (Å²) in [6.07, 6.45) is 1.83. The molecule has 6 rings (SSSR count). The zero-order valence-electron chi connectivity index (χ0n) is 26.4. The maximum atomic E-state index is 14.2. The summed E-state index contributed by atoms with van der Waals surface area (Å²) in [7, 11) is 0. The van der Waals surface area contributed by atoms with E-state index in [-0.39, 0.29) is 11.5 Å². The molecule has 1 aliphatic rings. The second-order valence-corrected chi connectivity index (χ2v) is 11.8. The monoisotopic (exact) mass is 645 g/mol. The number of carbonyl (C=O) groups excluding carboxylic acids is 1. The first kappa shape index (κ1) is 31.6. The van der Waals surface area contributed by atoms with Crippen molar-refractivity contribution in [3.63, 3.8) is 0 Å². The molecule has 4 aromatic carbocycles. The second-order valence-electron chi connectivity index (χ2n) is 10.8. The summed E-state index contributed by atoms with van der Waals surface area (Å²) >= 11 is 1.28. The molecular weight excluding hydrogens is 611 g/mol. The Labute approximate surface area is 276 Å². The van der Waals surface area contributed by atoms with Crippen LogP contribution in [0.1, 0.15) is 43.5 Å². The summed E-state index contributed by atoms with van der Waals surface area (Å²) in [5.74, 6) is 1.60. The fraction of sp³-hybridized carbons (Fsp3) is 0.184. The van der Waals surface area contributed by atoms with Crippen LogP contribution in [0.3, 0.4) is 0 Å². The smallest absolute Gasteiger partial charge is 0.271 e. The average molecular weight is 646 g/mol. The third-order valence-corrected chi connectivity index (χ3v) is 8.59. The van der Waals surface area contributed by atoms with Crippen LogP contribution in [0.2, 0.25) is 0 Å². The summed E-state index contributed by atoms with van der Waals surface area (Å²) in [5.41, 5.74) is 3.95. The van der Waals surface area contributed by atoms with Gasteiger partial charge in [0.15, 0.2) is 16.3 Å². The van der Waals surface area contributed by atoms with Gasteiger partial charge >= 0.3 is 0 Å². The Morgan fingerprint density at radius 2 is 1.57 bits per heavy atom. The van der Waals surface area contributed by atoms with Gasteiger partial charge < -0.3 is 19.5 Å². The molecule has 0 bridgehead atoms. The van der Waals surface area contributed by atoms with Crippen LogP contribution in [0.25, 0.3) is 6.08 Å². The molecule has 1 N–H and O–H groups in total. The van der Waals surface area contributed by atoms with Crippen LogP contribution in [0.4, 0.5) is 5.69 Å². The number of ether oxygens (including phenoxy) is 3. The SMILES string of the molecule is CCOc1ccc([C@@H]2C(C(=O)Nc3ccccc3)=C(C)N=c3s/c(=C\c4ccc(OCc5ccccc5)c(OCC)c4)c(=O)n32)cc1. The number of rotatable bonds is 11. The van der Waals surface area contributed by atoms with Gasteiger partial charge in [-0.25, -0.2) is 4.99 Å². The Bertz CT molecular complexity index is 2090. The number of hydrogen-bond acceptors (Lipinski definition) is 7. The van der Waals surface area contributed by atoms with Crippen LogP contribution in [0, 0.1) is 0 Å². The molecule has 1 amide bonds. The van der Waals surface area contributed by atoms with E-state index in [1.54, 1.807) is 11.5 Å². The normalized spacial score (nSPS) is 14.3. The largest absolute Gasteiger partial charge is 0.494 e. The predicted octanol–water partition coefficient (Wildman–Crippen LogP) is 6.25. The van der Waals surface area contributed by atoms with E-state index in [1.807, 2.05) is 123 Å². The maximum absolute atomic E-state index is 14.2. The van der Waals surface area contributed by atoms with Crippen molar-refractivity contribution in [3.05, 3.63) is 151 Å². The van der Waals surface area contributed by atoms with E-state index in [4.69, 9.17) is 19.2 Å². The van der Waals surface area contributed by atoms with Crippen LogP contribution in [-0.2, 0) is 11.4 Å². The maximum Gasteiger partial charge on any atom is 0.271 e. The van der Waals surface area contributed by atoms with Gasteiger partial charge in [0.2, 0.25) is 0 Å². The van der Waals surface area contributed by atoms with Gasteiger partial charge in [-0.2, -0.15) is 0 Å². The van der Waals surface area contributed by atoms with Crippen molar-refractivity contribution in [1.82, 2.24) is 4.57 Å². The molecule has 0 spiro atoms. The summed E-state index contributed by atoms with van der Waals surface area (Å²) in [6, 6.07) is 31.6. The van der Waals surface area contributed by atoms with E-state index in [0.29, 0.717) is 63.4 Å². The van der Waals surface area contributed by atoms with Gasteiger partial charge in [0.25, 0.3) is 11.5 Å². The van der Waals surface area contributed by atoms with Crippen molar-refractivity contribution in [2.24, 2.45) is 4.99 Å². The zero-order valence-corrected chi connectivity index (χ0v) is 27.3. The number of aromatic nitrogens is 1. The molecule has 47 heavy (non-hydrogen) atoms. The molecule has 0 saturated carbocycles. The Morgan fingerprint density at radius 1 is 0.872 bits per heavy atom. The number of hydrogen-bond donors (Lipinski definition) is 1. The van der Waals surface area contributed by atoms with Crippen molar-refractivity contribution in [1.29, 1.82) is 0 Å². The molecular formula is C38H35N3O5S. The topological polar surface area (TPSA) is 91.2 Å². The van der Waals surface area contributed by atoms with Crippen LogP contribution in [0.5, 0.6) is 17.2 Å². The molecule has 2 heterocycles. The third kappa shape index (κ3) is 7.05. The minimum Gasteiger partial charge on any atom is -0.494 e. The molecule has 5 aromatic rings. The molecule has 0 fully saturated rings. The number of allylic oxidation sites excluding steroid dienone is 1. The van der Waals surface area contributed by atoms with Gasteiger partial charge in [0, 0.05) is 5.69 Å². The molecule has 0 aliphatic carbocycles. The predicted molar refractivity (Wildman–Crippen MR) is 185 cm³/mol.